The van der Waals surface area contributed by atoms with Crippen LogP contribution in [0.5, 0.6) is 0 Å². The fourth-order valence-corrected chi connectivity index (χ4v) is 2.63. The van der Waals surface area contributed by atoms with E-state index in [4.69, 9.17) is 10.6 Å². The van der Waals surface area contributed by atoms with E-state index >= 15 is 0 Å². The van der Waals surface area contributed by atoms with Crippen molar-refractivity contribution in [1.29, 1.82) is 0 Å². The number of nitrogens with zero attached hydrogens (tertiary/aromatic N) is 1. The lowest BCUT2D eigenvalue weighted by Gasteiger charge is -2.33. The molecule has 1 aromatic carbocycles. The van der Waals surface area contributed by atoms with Gasteiger partial charge in [0.25, 0.3) is 5.91 Å². The standard InChI is InChI=1S/C15H23N3O2/c1-3-20-12-5-4-8-18(10-12)15(19)13-7-6-11(2)9-14(13)17-16/h6-7,9,12,17H,3-5,8,10,16H2,1-2H3. The van der Waals surface area contributed by atoms with Gasteiger partial charge in [0.1, 0.15) is 0 Å². The van der Waals surface area contributed by atoms with Crippen LogP contribution in [0.3, 0.4) is 0 Å². The number of nitrogens with two attached hydrogens (primary N) is 1. The van der Waals surface area contributed by atoms with Gasteiger partial charge in [-0.1, -0.05) is 6.07 Å². The third-order valence-corrected chi connectivity index (χ3v) is 3.63. The first-order chi connectivity index (χ1) is 9.65. The van der Waals surface area contributed by atoms with E-state index in [0.29, 0.717) is 24.4 Å². The number of amides is 1. The number of hydrogen-bond donors (Lipinski definition) is 2. The molecular weight excluding hydrogens is 254 g/mol. The molecule has 2 rings (SSSR count). The van der Waals surface area contributed by atoms with Gasteiger partial charge in [0.15, 0.2) is 0 Å². The van der Waals surface area contributed by atoms with E-state index in [2.05, 4.69) is 5.43 Å². The number of piperidine rings is 1. The van der Waals surface area contributed by atoms with Crippen LogP contribution in [-0.4, -0.2) is 36.6 Å². The number of ether oxygens (including phenoxy) is 1. The van der Waals surface area contributed by atoms with E-state index in [-0.39, 0.29) is 12.0 Å². The Hall–Kier alpha value is -1.59. The molecule has 1 fully saturated rings. The maximum Gasteiger partial charge on any atom is 0.256 e. The lowest BCUT2D eigenvalue weighted by molar-refractivity contribution is 0.00727. The number of nitrogens with one attached hydrogen (secondary N) is 1. The van der Waals surface area contributed by atoms with Crippen LogP contribution < -0.4 is 11.3 Å². The Balaban J connectivity index is 2.14. The number of rotatable bonds is 4. The zero-order chi connectivity index (χ0) is 14.5. The smallest absolute Gasteiger partial charge is 0.256 e. The summed E-state index contributed by atoms with van der Waals surface area (Å²) in [6.45, 7) is 6.08. The molecule has 3 N–H and O–H groups in total. The van der Waals surface area contributed by atoms with E-state index in [0.717, 1.165) is 24.9 Å². The molecule has 1 unspecified atom stereocenters. The maximum atomic E-state index is 12.6. The number of likely N-dealkylation sites (tertiary alicyclic amines) is 1. The summed E-state index contributed by atoms with van der Waals surface area (Å²) < 4.78 is 5.64. The predicted molar refractivity (Wildman–Crippen MR) is 79.5 cm³/mol. The summed E-state index contributed by atoms with van der Waals surface area (Å²) in [5, 5.41) is 0. The lowest BCUT2D eigenvalue weighted by Crippen LogP contribution is -2.43. The molecule has 0 radical (unpaired) electrons. The molecule has 1 atom stereocenters. The Morgan fingerprint density at radius 1 is 1.55 bits per heavy atom. The molecule has 1 saturated heterocycles. The highest BCUT2D eigenvalue weighted by atomic mass is 16.5. The minimum atomic E-state index is 0.0161. The molecule has 1 amide bonds. The number of hydrazine groups is 1. The van der Waals surface area contributed by atoms with Crippen LogP contribution >= 0.6 is 0 Å². The first-order valence-electron chi connectivity index (χ1n) is 7.13. The van der Waals surface area contributed by atoms with Crippen molar-refractivity contribution in [1.82, 2.24) is 4.90 Å². The molecular formula is C15H23N3O2. The number of benzene rings is 1. The molecule has 1 heterocycles. The van der Waals surface area contributed by atoms with Gasteiger partial charge in [0.05, 0.1) is 17.4 Å². The number of anilines is 1. The SMILES string of the molecule is CCOC1CCCN(C(=O)c2ccc(C)cc2NN)C1. The van der Waals surface area contributed by atoms with Crippen molar-refractivity contribution in [2.24, 2.45) is 5.84 Å². The van der Waals surface area contributed by atoms with Crippen molar-refractivity contribution >= 4 is 11.6 Å². The molecule has 5 heteroatoms. The van der Waals surface area contributed by atoms with E-state index in [1.54, 1.807) is 0 Å². The van der Waals surface area contributed by atoms with Gasteiger partial charge >= 0.3 is 0 Å². The second-order valence-corrected chi connectivity index (χ2v) is 5.16. The molecule has 0 spiro atoms. The van der Waals surface area contributed by atoms with Crippen molar-refractivity contribution in [2.45, 2.75) is 32.8 Å². The number of carbonyl (C=O) groups excluding carboxylic acids is 1. The van der Waals surface area contributed by atoms with Crippen LogP contribution in [0.15, 0.2) is 18.2 Å². The molecule has 0 aromatic heterocycles. The van der Waals surface area contributed by atoms with Crippen molar-refractivity contribution in [3.05, 3.63) is 29.3 Å². The maximum absolute atomic E-state index is 12.6. The lowest BCUT2D eigenvalue weighted by atomic mass is 10.0. The van der Waals surface area contributed by atoms with Crippen molar-refractivity contribution in [2.75, 3.05) is 25.1 Å². The molecule has 1 aliphatic heterocycles. The first kappa shape index (κ1) is 14.8. The van der Waals surface area contributed by atoms with E-state index in [1.807, 2.05) is 36.9 Å². The van der Waals surface area contributed by atoms with E-state index < -0.39 is 0 Å². The van der Waals surface area contributed by atoms with Crippen LogP contribution in [0.2, 0.25) is 0 Å². The summed E-state index contributed by atoms with van der Waals surface area (Å²) in [6.07, 6.45) is 2.15. The highest BCUT2D eigenvalue weighted by Gasteiger charge is 2.25. The van der Waals surface area contributed by atoms with E-state index in [9.17, 15) is 4.79 Å². The number of carbonyl (C=O) groups is 1. The van der Waals surface area contributed by atoms with Crippen LogP contribution in [-0.2, 0) is 4.74 Å². The molecule has 0 saturated carbocycles. The zero-order valence-electron chi connectivity index (χ0n) is 12.2. The highest BCUT2D eigenvalue weighted by molar-refractivity contribution is 5.99. The Kier molecular flexibility index (Phi) is 4.98. The monoisotopic (exact) mass is 277 g/mol. The topological polar surface area (TPSA) is 67.6 Å². The largest absolute Gasteiger partial charge is 0.377 e. The summed E-state index contributed by atoms with van der Waals surface area (Å²) >= 11 is 0. The number of nitrogen functional groups attached to an aromatic ring is 1. The summed E-state index contributed by atoms with van der Waals surface area (Å²) in [5.41, 5.74) is 4.98. The minimum Gasteiger partial charge on any atom is -0.377 e. The molecule has 1 aromatic rings. The number of aryl methyl sites for hydroxylation is 1. The molecule has 110 valence electrons. The van der Waals surface area contributed by atoms with Gasteiger partial charge in [0.2, 0.25) is 0 Å². The zero-order valence-corrected chi connectivity index (χ0v) is 12.2. The molecule has 0 aliphatic carbocycles. The molecule has 5 nitrogen and oxygen atoms in total. The van der Waals surface area contributed by atoms with Crippen molar-refractivity contribution < 1.29 is 9.53 Å². The highest BCUT2D eigenvalue weighted by Crippen LogP contribution is 2.21. The van der Waals surface area contributed by atoms with Crippen LogP contribution in [0.1, 0.15) is 35.7 Å². The first-order valence-corrected chi connectivity index (χ1v) is 7.13. The van der Waals surface area contributed by atoms with Gasteiger partial charge in [-0.3, -0.25) is 10.6 Å². The molecule has 20 heavy (non-hydrogen) atoms. The van der Waals surface area contributed by atoms with Crippen LogP contribution in [0.25, 0.3) is 0 Å². The van der Waals surface area contributed by atoms with Gasteiger partial charge in [0, 0.05) is 19.7 Å². The van der Waals surface area contributed by atoms with Gasteiger partial charge < -0.3 is 15.1 Å². The van der Waals surface area contributed by atoms with Crippen LogP contribution in [0, 0.1) is 6.92 Å². The summed E-state index contributed by atoms with van der Waals surface area (Å²) in [6, 6.07) is 5.65. The summed E-state index contributed by atoms with van der Waals surface area (Å²) in [4.78, 5) is 14.5. The summed E-state index contributed by atoms with van der Waals surface area (Å²) in [5.74, 6) is 5.53. The third-order valence-electron chi connectivity index (χ3n) is 3.63. The van der Waals surface area contributed by atoms with Crippen LogP contribution in [0.4, 0.5) is 5.69 Å². The normalized spacial score (nSPS) is 18.9. The fraction of sp³-hybridized carbons (Fsp3) is 0.533. The predicted octanol–water partition coefficient (Wildman–Crippen LogP) is 1.92. The fourth-order valence-electron chi connectivity index (χ4n) is 2.63. The second-order valence-electron chi connectivity index (χ2n) is 5.16. The molecule has 0 bridgehead atoms. The van der Waals surface area contributed by atoms with Crippen molar-refractivity contribution in [3.8, 4) is 0 Å². The summed E-state index contributed by atoms with van der Waals surface area (Å²) in [7, 11) is 0. The average molecular weight is 277 g/mol. The third kappa shape index (κ3) is 3.29. The Labute approximate surface area is 120 Å². The minimum absolute atomic E-state index is 0.0161. The average Bonchev–Trinajstić information content (AvgIpc) is 2.47. The Bertz CT molecular complexity index is 474. The van der Waals surface area contributed by atoms with E-state index in [1.165, 1.54) is 0 Å². The van der Waals surface area contributed by atoms with Gasteiger partial charge in [-0.2, -0.15) is 0 Å². The quantitative estimate of drug-likeness (QED) is 0.652. The number of hydrogen-bond acceptors (Lipinski definition) is 4. The second kappa shape index (κ2) is 6.72. The van der Waals surface area contributed by atoms with Crippen molar-refractivity contribution in [3.63, 3.8) is 0 Å². The van der Waals surface area contributed by atoms with Gasteiger partial charge in [-0.25, -0.2) is 0 Å². The van der Waals surface area contributed by atoms with Gasteiger partial charge in [-0.05, 0) is 44.4 Å². The Morgan fingerprint density at radius 3 is 3.05 bits per heavy atom. The van der Waals surface area contributed by atoms with Gasteiger partial charge in [-0.15, -0.1) is 0 Å². The Morgan fingerprint density at radius 2 is 2.35 bits per heavy atom. The molecule has 1 aliphatic rings.